The van der Waals surface area contributed by atoms with E-state index in [0.717, 1.165) is 3.79 Å². The summed E-state index contributed by atoms with van der Waals surface area (Å²) in [6.45, 7) is 0. The summed E-state index contributed by atoms with van der Waals surface area (Å²) in [6, 6.07) is 8.36. The topological polar surface area (TPSA) is 49.3 Å². The number of hydrogen-bond acceptors (Lipinski definition) is 3. The normalized spacial score (nSPS) is 10.1. The lowest BCUT2D eigenvalue weighted by Crippen LogP contribution is -2.10. The molecule has 0 aliphatic carbocycles. The van der Waals surface area contributed by atoms with Gasteiger partial charge < -0.3 is 10.4 Å². The van der Waals surface area contributed by atoms with Gasteiger partial charge in [0.1, 0.15) is 5.75 Å². The number of anilines is 1. The van der Waals surface area contributed by atoms with Crippen molar-refractivity contribution in [3.8, 4) is 5.75 Å². The number of benzene rings is 1. The SMILES string of the molecule is O=C(Nc1ccccc1O)c1csc(Br)c1. The second-order valence-corrected chi connectivity index (χ2v) is 5.40. The Balaban J connectivity index is 2.17. The maximum absolute atomic E-state index is 11.7. The van der Waals surface area contributed by atoms with Crippen molar-refractivity contribution < 1.29 is 9.90 Å². The summed E-state index contributed by atoms with van der Waals surface area (Å²) >= 11 is 4.73. The van der Waals surface area contributed by atoms with Crippen LogP contribution in [0, 0.1) is 0 Å². The molecule has 0 bridgehead atoms. The van der Waals surface area contributed by atoms with Crippen LogP contribution in [0.15, 0.2) is 39.5 Å². The van der Waals surface area contributed by atoms with Gasteiger partial charge in [0, 0.05) is 5.38 Å². The number of nitrogens with one attached hydrogen (secondary N) is 1. The van der Waals surface area contributed by atoms with Gasteiger partial charge in [-0.05, 0) is 34.1 Å². The molecule has 3 nitrogen and oxygen atoms in total. The summed E-state index contributed by atoms with van der Waals surface area (Å²) in [5.41, 5.74) is 0.981. The van der Waals surface area contributed by atoms with Crippen molar-refractivity contribution in [1.82, 2.24) is 0 Å². The van der Waals surface area contributed by atoms with Crippen molar-refractivity contribution in [1.29, 1.82) is 0 Å². The second kappa shape index (κ2) is 4.67. The first-order valence-corrected chi connectivity index (χ1v) is 6.17. The molecule has 2 aromatic rings. The van der Waals surface area contributed by atoms with E-state index in [4.69, 9.17) is 0 Å². The van der Waals surface area contributed by atoms with Gasteiger partial charge in [-0.3, -0.25) is 4.79 Å². The molecule has 1 aromatic carbocycles. The Morgan fingerprint density at radius 1 is 1.38 bits per heavy atom. The average Bonchev–Trinajstić information content (AvgIpc) is 2.68. The number of carbonyl (C=O) groups is 1. The highest BCUT2D eigenvalue weighted by molar-refractivity contribution is 9.11. The number of hydrogen-bond donors (Lipinski definition) is 2. The van der Waals surface area contributed by atoms with Gasteiger partial charge in [0.2, 0.25) is 0 Å². The quantitative estimate of drug-likeness (QED) is 0.834. The number of carbonyl (C=O) groups excluding carboxylic acids is 1. The predicted octanol–water partition coefficient (Wildman–Crippen LogP) is 3.47. The molecule has 0 atom stereocenters. The van der Waals surface area contributed by atoms with Gasteiger partial charge in [-0.2, -0.15) is 0 Å². The molecule has 2 rings (SSSR count). The van der Waals surface area contributed by atoms with E-state index in [1.54, 1.807) is 29.6 Å². The summed E-state index contributed by atoms with van der Waals surface area (Å²) in [7, 11) is 0. The average molecular weight is 298 g/mol. The highest BCUT2D eigenvalue weighted by Gasteiger charge is 2.09. The maximum Gasteiger partial charge on any atom is 0.256 e. The summed E-state index contributed by atoms with van der Waals surface area (Å²) in [4.78, 5) is 11.7. The van der Waals surface area contributed by atoms with E-state index in [1.807, 2.05) is 0 Å². The molecular weight excluding hydrogens is 290 g/mol. The van der Waals surface area contributed by atoms with Crippen LogP contribution in [0.3, 0.4) is 0 Å². The Labute approximate surface area is 105 Å². The molecule has 0 aliphatic heterocycles. The molecule has 1 amide bonds. The minimum Gasteiger partial charge on any atom is -0.506 e. The van der Waals surface area contributed by atoms with E-state index >= 15 is 0 Å². The fourth-order valence-electron chi connectivity index (χ4n) is 1.20. The van der Waals surface area contributed by atoms with Crippen molar-refractivity contribution in [3.63, 3.8) is 0 Å². The van der Waals surface area contributed by atoms with Crippen LogP contribution in [0.4, 0.5) is 5.69 Å². The Kier molecular flexibility index (Phi) is 3.26. The summed E-state index contributed by atoms with van der Waals surface area (Å²) in [5, 5.41) is 13.9. The van der Waals surface area contributed by atoms with Gasteiger partial charge >= 0.3 is 0 Å². The molecular formula is C11H8BrNO2S. The van der Waals surface area contributed by atoms with Crippen LogP contribution in [0.25, 0.3) is 0 Å². The van der Waals surface area contributed by atoms with Gasteiger partial charge in [-0.15, -0.1) is 11.3 Å². The van der Waals surface area contributed by atoms with Gasteiger partial charge in [0.25, 0.3) is 5.91 Å². The Morgan fingerprint density at radius 2 is 2.12 bits per heavy atom. The van der Waals surface area contributed by atoms with Gasteiger partial charge in [-0.1, -0.05) is 12.1 Å². The van der Waals surface area contributed by atoms with Crippen LogP contribution in [-0.4, -0.2) is 11.0 Å². The number of phenols is 1. The van der Waals surface area contributed by atoms with Crippen molar-refractivity contribution in [2.75, 3.05) is 5.32 Å². The summed E-state index contributed by atoms with van der Waals surface area (Å²) in [6.07, 6.45) is 0. The monoisotopic (exact) mass is 297 g/mol. The van der Waals surface area contributed by atoms with E-state index in [-0.39, 0.29) is 11.7 Å². The fourth-order valence-corrected chi connectivity index (χ4v) is 2.34. The molecule has 16 heavy (non-hydrogen) atoms. The fraction of sp³-hybridized carbons (Fsp3) is 0. The first-order chi connectivity index (χ1) is 7.66. The Hall–Kier alpha value is -1.33. The molecule has 2 N–H and O–H groups in total. The summed E-state index contributed by atoms with van der Waals surface area (Å²) in [5.74, 6) is -0.173. The molecule has 0 spiro atoms. The number of thiophene rings is 1. The number of halogens is 1. The second-order valence-electron chi connectivity index (χ2n) is 3.11. The maximum atomic E-state index is 11.7. The third kappa shape index (κ3) is 2.43. The third-order valence-electron chi connectivity index (χ3n) is 1.98. The van der Waals surface area contributed by atoms with Crippen molar-refractivity contribution in [2.24, 2.45) is 0 Å². The summed E-state index contributed by atoms with van der Waals surface area (Å²) < 4.78 is 0.898. The Bertz CT molecular complexity index is 524. The van der Waals surface area contributed by atoms with E-state index in [2.05, 4.69) is 21.2 Å². The minimum absolute atomic E-state index is 0.0603. The van der Waals surface area contributed by atoms with Crippen LogP contribution in [-0.2, 0) is 0 Å². The van der Waals surface area contributed by atoms with Crippen molar-refractivity contribution in [3.05, 3.63) is 45.1 Å². The molecule has 0 fully saturated rings. The zero-order valence-corrected chi connectivity index (χ0v) is 10.5. The predicted molar refractivity (Wildman–Crippen MR) is 68.1 cm³/mol. The molecule has 0 aliphatic rings. The van der Waals surface area contributed by atoms with Gasteiger partial charge in [-0.25, -0.2) is 0 Å². The van der Waals surface area contributed by atoms with Crippen molar-refractivity contribution >= 4 is 38.9 Å². The number of rotatable bonds is 2. The standard InChI is InChI=1S/C11H8BrNO2S/c12-10-5-7(6-16-10)11(15)13-8-3-1-2-4-9(8)14/h1-6,14H,(H,13,15). The molecule has 0 saturated heterocycles. The van der Waals surface area contributed by atoms with Gasteiger partial charge in [0.15, 0.2) is 0 Å². The zero-order chi connectivity index (χ0) is 11.5. The first-order valence-electron chi connectivity index (χ1n) is 4.50. The lowest BCUT2D eigenvalue weighted by molar-refractivity contribution is 0.102. The highest BCUT2D eigenvalue weighted by atomic mass is 79.9. The molecule has 1 aromatic heterocycles. The smallest absolute Gasteiger partial charge is 0.256 e. The molecule has 0 unspecified atom stereocenters. The lowest BCUT2D eigenvalue weighted by atomic mass is 10.2. The van der Waals surface area contributed by atoms with Crippen LogP contribution in [0.5, 0.6) is 5.75 Å². The van der Waals surface area contributed by atoms with E-state index < -0.39 is 0 Å². The van der Waals surface area contributed by atoms with Crippen LogP contribution in [0.2, 0.25) is 0 Å². The third-order valence-corrected chi connectivity index (χ3v) is 3.49. The van der Waals surface area contributed by atoms with E-state index in [0.29, 0.717) is 11.3 Å². The molecule has 5 heteroatoms. The molecule has 1 heterocycles. The zero-order valence-electron chi connectivity index (χ0n) is 8.11. The number of aromatic hydroxyl groups is 1. The minimum atomic E-state index is -0.233. The van der Waals surface area contributed by atoms with Crippen LogP contribution < -0.4 is 5.32 Å². The largest absolute Gasteiger partial charge is 0.506 e. The van der Waals surface area contributed by atoms with Crippen molar-refractivity contribution in [2.45, 2.75) is 0 Å². The lowest BCUT2D eigenvalue weighted by Gasteiger charge is -2.05. The molecule has 0 radical (unpaired) electrons. The van der Waals surface area contributed by atoms with Crippen LogP contribution >= 0.6 is 27.3 Å². The van der Waals surface area contributed by atoms with E-state index in [9.17, 15) is 9.90 Å². The first kappa shape index (κ1) is 11.2. The molecule has 82 valence electrons. The van der Waals surface area contributed by atoms with Gasteiger partial charge in [0.05, 0.1) is 15.0 Å². The number of phenolic OH excluding ortho intramolecular Hbond substituents is 1. The Morgan fingerprint density at radius 3 is 2.75 bits per heavy atom. The highest BCUT2D eigenvalue weighted by Crippen LogP contribution is 2.24. The number of amides is 1. The molecule has 0 saturated carbocycles. The van der Waals surface area contributed by atoms with E-state index in [1.165, 1.54) is 17.4 Å². The van der Waals surface area contributed by atoms with Crippen LogP contribution in [0.1, 0.15) is 10.4 Å². The number of para-hydroxylation sites is 2.